The summed E-state index contributed by atoms with van der Waals surface area (Å²) in [7, 11) is 0. The first kappa shape index (κ1) is 74.1. The lowest BCUT2D eigenvalue weighted by molar-refractivity contribution is -0.143. The lowest BCUT2D eigenvalue weighted by Crippen LogP contribution is -2.45. The van der Waals surface area contributed by atoms with Crippen molar-refractivity contribution in [2.24, 2.45) is 0 Å². The van der Waals surface area contributed by atoms with Crippen molar-refractivity contribution < 1.29 is 24.5 Å². The molecule has 0 aromatic heterocycles. The predicted octanol–water partition coefficient (Wildman–Crippen LogP) is 21.9. The summed E-state index contributed by atoms with van der Waals surface area (Å²) in [5.74, 6) is -0.0704. The normalized spacial score (nSPS) is 12.7. The summed E-state index contributed by atoms with van der Waals surface area (Å²) in [5, 5.41) is 23.3. The largest absolute Gasteiger partial charge is 0.466 e. The van der Waals surface area contributed by atoms with Crippen LogP contribution in [0.3, 0.4) is 0 Å². The van der Waals surface area contributed by atoms with Crippen LogP contribution in [0, 0.1) is 0 Å². The molecule has 0 aliphatic carbocycles. The average molecular weight is 1070 g/mol. The van der Waals surface area contributed by atoms with Crippen molar-refractivity contribution in [2.75, 3.05) is 13.2 Å². The van der Waals surface area contributed by atoms with Gasteiger partial charge in [-0.2, -0.15) is 0 Å². The third-order valence-corrected chi connectivity index (χ3v) is 15.9. The molecule has 0 aromatic rings. The van der Waals surface area contributed by atoms with Gasteiger partial charge in [-0.25, -0.2) is 0 Å². The molecular weight excluding hydrogens is 935 g/mol. The van der Waals surface area contributed by atoms with Crippen LogP contribution >= 0.6 is 0 Å². The van der Waals surface area contributed by atoms with Crippen LogP contribution < -0.4 is 5.32 Å². The summed E-state index contributed by atoms with van der Waals surface area (Å²) in [6, 6.07) is -0.631. The average Bonchev–Trinajstić information content (AvgIpc) is 3.42. The molecule has 3 N–H and O–H groups in total. The van der Waals surface area contributed by atoms with Gasteiger partial charge in [0.2, 0.25) is 5.91 Å². The summed E-state index contributed by atoms with van der Waals surface area (Å²) >= 11 is 0. The quantitative estimate of drug-likeness (QED) is 0.0320. The molecule has 0 heterocycles. The summed E-state index contributed by atoms with van der Waals surface area (Å²) in [6.07, 6.45) is 83.5. The summed E-state index contributed by atoms with van der Waals surface area (Å²) in [4.78, 5) is 24.6. The molecule has 0 fully saturated rings. The van der Waals surface area contributed by atoms with Gasteiger partial charge in [-0.3, -0.25) is 9.59 Å². The van der Waals surface area contributed by atoms with Gasteiger partial charge in [-0.05, 0) is 57.8 Å². The number of carbonyl (C=O) groups is 2. The molecule has 0 aliphatic rings. The van der Waals surface area contributed by atoms with Gasteiger partial charge >= 0.3 is 5.97 Å². The number of hydrogen-bond acceptors (Lipinski definition) is 5. The molecule has 76 heavy (non-hydrogen) atoms. The number of allylic oxidation sites excluding steroid dienone is 5. The van der Waals surface area contributed by atoms with E-state index in [2.05, 4.69) is 43.5 Å². The SMILES string of the molecule is CCCC/C=C\C/C=C\CCCCCCCC(=O)OCCCCCCCCCCCCCCCCCCCCCCC(=O)NC(CO)C(O)/C=C/CCCCCCCCCCCCCCCCCCCCCCCCC. The van der Waals surface area contributed by atoms with Crippen LogP contribution in [0.15, 0.2) is 36.5 Å². The highest BCUT2D eigenvalue weighted by atomic mass is 16.5. The van der Waals surface area contributed by atoms with Crippen LogP contribution in [0.2, 0.25) is 0 Å². The standard InChI is InChI=1S/C70H133NO5/c1-3-5-7-9-11-13-15-17-19-20-21-22-23-24-25-26-29-32-35-38-42-46-50-54-58-62-68(73)67(66-72)71-69(74)63-59-55-51-47-43-39-36-33-30-27-28-31-34-37-41-45-49-53-57-61-65-76-70(75)64-60-56-52-48-44-40-18-16-14-12-10-8-6-4-2/h10,12,16,18,58,62,67-68,72-73H,3-9,11,13-15,17,19-57,59-61,63-66H2,1-2H3,(H,71,74)/b12-10-,18-16-,62-58+. The second-order valence-corrected chi connectivity index (χ2v) is 23.5. The van der Waals surface area contributed by atoms with Crippen LogP contribution in [-0.4, -0.2) is 47.4 Å². The van der Waals surface area contributed by atoms with Gasteiger partial charge in [0, 0.05) is 12.8 Å². The number of esters is 1. The lowest BCUT2D eigenvalue weighted by Gasteiger charge is -2.20. The molecule has 2 atom stereocenters. The monoisotopic (exact) mass is 1070 g/mol. The third kappa shape index (κ3) is 61.3. The van der Waals surface area contributed by atoms with Crippen molar-refractivity contribution >= 4 is 11.9 Å². The summed E-state index contributed by atoms with van der Waals surface area (Å²) in [6.45, 7) is 4.88. The van der Waals surface area contributed by atoms with Crippen molar-refractivity contribution in [1.29, 1.82) is 0 Å². The summed E-state index contributed by atoms with van der Waals surface area (Å²) < 4.78 is 5.48. The van der Waals surface area contributed by atoms with Gasteiger partial charge in [-0.15, -0.1) is 0 Å². The Balaban J connectivity index is 3.43. The Morgan fingerprint density at radius 3 is 1.04 bits per heavy atom. The van der Waals surface area contributed by atoms with Crippen LogP contribution in [0.4, 0.5) is 0 Å². The zero-order chi connectivity index (χ0) is 55.0. The molecule has 2 unspecified atom stereocenters. The number of hydrogen-bond donors (Lipinski definition) is 3. The Morgan fingerprint density at radius 1 is 0.368 bits per heavy atom. The fraction of sp³-hybridized carbons (Fsp3) is 0.886. The molecule has 1 amide bonds. The minimum Gasteiger partial charge on any atom is -0.466 e. The predicted molar refractivity (Wildman–Crippen MR) is 333 cm³/mol. The molecule has 0 rings (SSSR count). The molecule has 0 saturated heterocycles. The Labute approximate surface area is 474 Å². The number of aliphatic hydroxyl groups excluding tert-OH is 2. The molecule has 6 nitrogen and oxygen atoms in total. The minimum atomic E-state index is -0.848. The first-order valence-corrected chi connectivity index (χ1v) is 34.3. The first-order chi connectivity index (χ1) is 37.5. The van der Waals surface area contributed by atoms with Crippen molar-refractivity contribution in [3.63, 3.8) is 0 Å². The van der Waals surface area contributed by atoms with Gasteiger partial charge in [0.25, 0.3) is 0 Å². The molecule has 0 spiro atoms. The second kappa shape index (κ2) is 65.6. The molecule has 6 heteroatoms. The molecule has 0 radical (unpaired) electrons. The number of rotatable bonds is 64. The van der Waals surface area contributed by atoms with Crippen LogP contribution in [0.1, 0.15) is 373 Å². The van der Waals surface area contributed by atoms with E-state index >= 15 is 0 Å². The number of nitrogens with one attached hydrogen (secondary N) is 1. The lowest BCUT2D eigenvalue weighted by atomic mass is 10.0. The van der Waals surface area contributed by atoms with Gasteiger partial charge in [-0.1, -0.05) is 339 Å². The fourth-order valence-corrected chi connectivity index (χ4v) is 10.7. The third-order valence-electron chi connectivity index (χ3n) is 15.9. The molecular formula is C70H133NO5. The molecule has 0 aromatic carbocycles. The Morgan fingerprint density at radius 2 is 0.671 bits per heavy atom. The molecule has 0 saturated carbocycles. The van der Waals surface area contributed by atoms with Gasteiger partial charge in [0.05, 0.1) is 25.4 Å². The molecule has 448 valence electrons. The zero-order valence-electron chi connectivity index (χ0n) is 51.3. The number of amides is 1. The summed E-state index contributed by atoms with van der Waals surface area (Å²) in [5.41, 5.74) is 0. The van der Waals surface area contributed by atoms with Gasteiger partial charge < -0.3 is 20.3 Å². The molecule has 0 bridgehead atoms. The highest BCUT2D eigenvalue weighted by molar-refractivity contribution is 5.76. The van der Waals surface area contributed by atoms with Crippen LogP contribution in [-0.2, 0) is 14.3 Å². The van der Waals surface area contributed by atoms with Crippen LogP contribution in [0.25, 0.3) is 0 Å². The smallest absolute Gasteiger partial charge is 0.305 e. The Bertz CT molecular complexity index is 1230. The minimum absolute atomic E-state index is 0.00415. The number of aliphatic hydroxyl groups is 2. The van der Waals surface area contributed by atoms with Crippen molar-refractivity contribution in [3.8, 4) is 0 Å². The number of unbranched alkanes of at least 4 members (excludes halogenated alkanes) is 49. The van der Waals surface area contributed by atoms with E-state index in [1.807, 2.05) is 6.08 Å². The van der Waals surface area contributed by atoms with Crippen molar-refractivity contribution in [3.05, 3.63) is 36.5 Å². The number of ether oxygens (including phenoxy) is 1. The van der Waals surface area contributed by atoms with E-state index in [0.29, 0.717) is 19.4 Å². The van der Waals surface area contributed by atoms with E-state index in [9.17, 15) is 19.8 Å². The number of carbonyl (C=O) groups excluding carboxylic acids is 2. The topological polar surface area (TPSA) is 95.9 Å². The van der Waals surface area contributed by atoms with Crippen molar-refractivity contribution in [1.82, 2.24) is 5.32 Å². The van der Waals surface area contributed by atoms with Crippen molar-refractivity contribution in [2.45, 2.75) is 386 Å². The first-order valence-electron chi connectivity index (χ1n) is 34.3. The Hall–Kier alpha value is -1.92. The van der Waals surface area contributed by atoms with Crippen LogP contribution in [0.5, 0.6) is 0 Å². The van der Waals surface area contributed by atoms with E-state index < -0.39 is 12.1 Å². The maximum atomic E-state index is 12.5. The van der Waals surface area contributed by atoms with E-state index in [1.54, 1.807) is 6.08 Å². The Kier molecular flexibility index (Phi) is 63.9. The zero-order valence-corrected chi connectivity index (χ0v) is 51.3. The maximum Gasteiger partial charge on any atom is 0.305 e. The fourth-order valence-electron chi connectivity index (χ4n) is 10.7. The van der Waals surface area contributed by atoms with E-state index in [4.69, 9.17) is 4.74 Å². The van der Waals surface area contributed by atoms with Gasteiger partial charge in [0.15, 0.2) is 0 Å². The maximum absolute atomic E-state index is 12.5. The van der Waals surface area contributed by atoms with E-state index in [-0.39, 0.29) is 18.5 Å². The highest BCUT2D eigenvalue weighted by Crippen LogP contribution is 2.18. The van der Waals surface area contributed by atoms with Gasteiger partial charge in [0.1, 0.15) is 0 Å². The highest BCUT2D eigenvalue weighted by Gasteiger charge is 2.18. The molecule has 0 aliphatic heterocycles. The van der Waals surface area contributed by atoms with E-state index in [0.717, 1.165) is 51.4 Å². The second-order valence-electron chi connectivity index (χ2n) is 23.5. The van der Waals surface area contributed by atoms with E-state index in [1.165, 1.54) is 295 Å².